The number of thioether (sulfide) groups is 1. The molecule has 0 aliphatic carbocycles. The summed E-state index contributed by atoms with van der Waals surface area (Å²) in [6.45, 7) is 2.65. The number of hydrogen-bond acceptors (Lipinski definition) is 4. The van der Waals surface area contributed by atoms with Gasteiger partial charge in [0.2, 0.25) is 5.91 Å². The van der Waals surface area contributed by atoms with E-state index in [1.54, 1.807) is 0 Å². The van der Waals surface area contributed by atoms with Crippen molar-refractivity contribution >= 4 is 34.9 Å². The molecule has 2 heterocycles. The van der Waals surface area contributed by atoms with Crippen LogP contribution in [0, 0.1) is 0 Å². The number of piperidine rings is 1. The third kappa shape index (κ3) is 4.93. The molecule has 0 aromatic carbocycles. The average molecular weight is 301 g/mol. The molecule has 0 aromatic heterocycles. The Morgan fingerprint density at radius 1 is 1.32 bits per heavy atom. The summed E-state index contributed by atoms with van der Waals surface area (Å²) >= 11 is 6.74. The third-order valence-electron chi connectivity index (χ3n) is 3.79. The second-order valence-corrected chi connectivity index (χ2v) is 7.22. The summed E-state index contributed by atoms with van der Waals surface area (Å²) in [7, 11) is 0. The van der Waals surface area contributed by atoms with Gasteiger partial charge >= 0.3 is 0 Å². The number of carbonyl (C=O) groups excluding carboxylic acids is 1. The predicted molar refractivity (Wildman–Crippen MR) is 84.5 cm³/mol. The van der Waals surface area contributed by atoms with Crippen LogP contribution in [0.15, 0.2) is 0 Å². The van der Waals surface area contributed by atoms with Gasteiger partial charge in [-0.05, 0) is 31.4 Å². The molecule has 2 aliphatic heterocycles. The molecule has 0 saturated carbocycles. The number of nitrogens with one attached hydrogen (secondary N) is 1. The normalized spacial score (nSPS) is 26.0. The second kappa shape index (κ2) is 7.45. The highest BCUT2D eigenvalue weighted by Crippen LogP contribution is 2.25. The summed E-state index contributed by atoms with van der Waals surface area (Å²) in [4.78, 5) is 15.0. The maximum absolute atomic E-state index is 12.1. The van der Waals surface area contributed by atoms with Crippen LogP contribution in [0.2, 0.25) is 0 Å². The van der Waals surface area contributed by atoms with Crippen molar-refractivity contribution in [2.45, 2.75) is 43.4 Å². The molecule has 0 radical (unpaired) electrons. The monoisotopic (exact) mass is 301 g/mol. The first kappa shape index (κ1) is 15.1. The van der Waals surface area contributed by atoms with Crippen LogP contribution in [0.3, 0.4) is 0 Å². The summed E-state index contributed by atoms with van der Waals surface area (Å²) in [5, 5.41) is 3.40. The van der Waals surface area contributed by atoms with Crippen LogP contribution in [0.1, 0.15) is 32.1 Å². The first-order chi connectivity index (χ1) is 9.15. The maximum Gasteiger partial charge on any atom is 0.233 e. The van der Waals surface area contributed by atoms with Gasteiger partial charge in [0.1, 0.15) is 0 Å². The van der Waals surface area contributed by atoms with Gasteiger partial charge in [-0.2, -0.15) is 0 Å². The Kier molecular flexibility index (Phi) is 5.91. The van der Waals surface area contributed by atoms with Crippen molar-refractivity contribution in [2.24, 2.45) is 5.73 Å². The zero-order valence-electron chi connectivity index (χ0n) is 11.3. The fourth-order valence-corrected chi connectivity index (χ4v) is 4.09. The molecular formula is C13H23N3OS2. The predicted octanol–water partition coefficient (Wildman–Crippen LogP) is 1.14. The van der Waals surface area contributed by atoms with E-state index >= 15 is 0 Å². The van der Waals surface area contributed by atoms with Crippen LogP contribution < -0.4 is 11.1 Å². The van der Waals surface area contributed by atoms with Gasteiger partial charge in [0.25, 0.3) is 0 Å². The highest BCUT2D eigenvalue weighted by molar-refractivity contribution is 8.00. The summed E-state index contributed by atoms with van der Waals surface area (Å²) < 4.78 is 0. The van der Waals surface area contributed by atoms with Crippen molar-refractivity contribution in [1.29, 1.82) is 0 Å². The first-order valence-electron chi connectivity index (χ1n) is 7.08. The summed E-state index contributed by atoms with van der Waals surface area (Å²) in [6.07, 6.45) is 5.50. The lowest BCUT2D eigenvalue weighted by Gasteiger charge is -2.33. The zero-order valence-corrected chi connectivity index (χ0v) is 12.9. The number of hydrogen-bond donors (Lipinski definition) is 2. The average Bonchev–Trinajstić information content (AvgIpc) is 2.41. The molecule has 4 nitrogen and oxygen atoms in total. The van der Waals surface area contributed by atoms with Gasteiger partial charge in [-0.3, -0.25) is 9.69 Å². The SMILES string of the molecule is NC(=S)CN1CCC(NC(=O)C2CCCCS2)CC1. The van der Waals surface area contributed by atoms with Crippen LogP contribution >= 0.6 is 24.0 Å². The fourth-order valence-electron chi connectivity index (χ4n) is 2.70. The lowest BCUT2D eigenvalue weighted by Crippen LogP contribution is -2.48. The molecule has 0 spiro atoms. The first-order valence-corrected chi connectivity index (χ1v) is 8.53. The van der Waals surface area contributed by atoms with Crippen molar-refractivity contribution in [1.82, 2.24) is 10.2 Å². The van der Waals surface area contributed by atoms with Gasteiger partial charge < -0.3 is 11.1 Å². The van der Waals surface area contributed by atoms with Gasteiger partial charge in [-0.1, -0.05) is 18.6 Å². The highest BCUT2D eigenvalue weighted by Gasteiger charge is 2.26. The van der Waals surface area contributed by atoms with Gasteiger partial charge in [0, 0.05) is 25.7 Å². The fraction of sp³-hybridized carbons (Fsp3) is 0.846. The molecule has 1 atom stereocenters. The van der Waals surface area contributed by atoms with E-state index in [-0.39, 0.29) is 11.2 Å². The Labute approximate surface area is 124 Å². The summed E-state index contributed by atoms with van der Waals surface area (Å²) in [5.74, 6) is 1.38. The summed E-state index contributed by atoms with van der Waals surface area (Å²) in [5.41, 5.74) is 5.55. The lowest BCUT2D eigenvalue weighted by atomic mass is 10.0. The molecular weight excluding hydrogens is 278 g/mol. The molecule has 1 unspecified atom stereocenters. The molecule has 1 amide bonds. The van der Waals surface area contributed by atoms with E-state index in [4.69, 9.17) is 18.0 Å². The van der Waals surface area contributed by atoms with E-state index in [0.717, 1.165) is 38.1 Å². The molecule has 0 aromatic rings. The van der Waals surface area contributed by atoms with E-state index in [0.29, 0.717) is 17.6 Å². The Balaban J connectivity index is 1.69. The summed E-state index contributed by atoms with van der Waals surface area (Å²) in [6, 6.07) is 0.331. The molecule has 108 valence electrons. The number of likely N-dealkylation sites (tertiary alicyclic amines) is 1. The number of rotatable bonds is 4. The molecule has 6 heteroatoms. The maximum atomic E-state index is 12.1. The minimum absolute atomic E-state index is 0.184. The molecule has 3 N–H and O–H groups in total. The topological polar surface area (TPSA) is 58.4 Å². The van der Waals surface area contributed by atoms with E-state index < -0.39 is 0 Å². The standard InChI is InChI=1S/C13H23N3OS2/c14-12(18)9-16-6-4-10(5-7-16)15-13(17)11-3-1-2-8-19-11/h10-11H,1-9H2,(H2,14,18)(H,15,17). The van der Waals surface area contributed by atoms with Crippen LogP contribution in [0.25, 0.3) is 0 Å². The lowest BCUT2D eigenvalue weighted by molar-refractivity contribution is -0.121. The van der Waals surface area contributed by atoms with Crippen molar-refractivity contribution in [3.05, 3.63) is 0 Å². The van der Waals surface area contributed by atoms with Crippen LogP contribution in [-0.2, 0) is 4.79 Å². The van der Waals surface area contributed by atoms with E-state index in [1.165, 1.54) is 12.8 Å². The van der Waals surface area contributed by atoms with Crippen molar-refractivity contribution in [2.75, 3.05) is 25.4 Å². The minimum atomic E-state index is 0.184. The van der Waals surface area contributed by atoms with Gasteiger partial charge in [-0.25, -0.2) is 0 Å². The highest BCUT2D eigenvalue weighted by atomic mass is 32.2. The van der Waals surface area contributed by atoms with Crippen molar-refractivity contribution in [3.63, 3.8) is 0 Å². The molecule has 2 fully saturated rings. The Morgan fingerprint density at radius 3 is 2.63 bits per heavy atom. The Hall–Kier alpha value is -0.330. The molecule has 2 saturated heterocycles. The second-order valence-electron chi connectivity index (χ2n) is 5.38. The van der Waals surface area contributed by atoms with Crippen LogP contribution in [-0.4, -0.2) is 52.5 Å². The largest absolute Gasteiger partial charge is 0.392 e. The third-order valence-corrected chi connectivity index (χ3v) is 5.29. The molecule has 19 heavy (non-hydrogen) atoms. The quantitative estimate of drug-likeness (QED) is 0.763. The zero-order chi connectivity index (χ0) is 13.7. The van der Waals surface area contributed by atoms with Crippen molar-refractivity contribution < 1.29 is 4.79 Å². The smallest absolute Gasteiger partial charge is 0.233 e. The number of thiocarbonyl (C=S) groups is 1. The van der Waals surface area contributed by atoms with Gasteiger partial charge in [0.05, 0.1) is 10.2 Å². The Morgan fingerprint density at radius 2 is 2.05 bits per heavy atom. The molecule has 0 bridgehead atoms. The van der Waals surface area contributed by atoms with E-state index in [1.807, 2.05) is 11.8 Å². The van der Waals surface area contributed by atoms with E-state index in [2.05, 4.69) is 10.2 Å². The van der Waals surface area contributed by atoms with Crippen LogP contribution in [0.5, 0.6) is 0 Å². The van der Waals surface area contributed by atoms with Crippen LogP contribution in [0.4, 0.5) is 0 Å². The van der Waals surface area contributed by atoms with Crippen molar-refractivity contribution in [3.8, 4) is 0 Å². The molecule has 2 rings (SSSR count). The number of carbonyl (C=O) groups is 1. The molecule has 2 aliphatic rings. The van der Waals surface area contributed by atoms with Gasteiger partial charge in [-0.15, -0.1) is 11.8 Å². The number of amides is 1. The Bertz CT molecular complexity index is 324. The number of nitrogens with zero attached hydrogens (tertiary/aromatic N) is 1. The van der Waals surface area contributed by atoms with E-state index in [9.17, 15) is 4.79 Å². The number of nitrogens with two attached hydrogens (primary N) is 1. The van der Waals surface area contributed by atoms with Gasteiger partial charge in [0.15, 0.2) is 0 Å². The minimum Gasteiger partial charge on any atom is -0.392 e.